The summed E-state index contributed by atoms with van der Waals surface area (Å²) in [6, 6.07) is 5.89. The van der Waals surface area contributed by atoms with Crippen molar-refractivity contribution in [1.82, 2.24) is 9.80 Å². The number of Topliss-reactive ketones (excluding diaryl/α,β-unsaturated/α-hetero) is 1. The molecule has 1 aromatic rings. The van der Waals surface area contributed by atoms with Crippen LogP contribution in [0.15, 0.2) is 47.3 Å². The number of carbonyl (C=O) groups is 4. The standard InChI is InChI=1S/C21H19ClN4O6/c1-31-21-10(8-32-20(24)30)15-16(14(27)6-12(23)17(15)28)25(21)7-13-18(21)26(13)19(29)9-4-2-3-5-11(9)22/h2-6,10,13,18H,7-8,23H2,1H3,(H2,24,30)/t10?,13?,18?,21-,26?/m1/s1. The predicted octanol–water partition coefficient (Wildman–Crippen LogP) is 0.165. The van der Waals surface area contributed by atoms with Crippen molar-refractivity contribution in [2.75, 3.05) is 20.3 Å². The second-order valence-corrected chi connectivity index (χ2v) is 8.42. The molecule has 32 heavy (non-hydrogen) atoms. The maximum absolute atomic E-state index is 13.2. The Morgan fingerprint density at radius 2 is 2.00 bits per heavy atom. The molecule has 1 aromatic carbocycles. The van der Waals surface area contributed by atoms with E-state index in [4.69, 9.17) is 32.5 Å². The number of allylic oxidation sites excluding steroid dienone is 2. The number of nitrogens with two attached hydrogens (primary N) is 2. The van der Waals surface area contributed by atoms with E-state index in [0.29, 0.717) is 10.6 Å². The van der Waals surface area contributed by atoms with Crippen molar-refractivity contribution in [2.24, 2.45) is 17.4 Å². The lowest BCUT2D eigenvalue weighted by atomic mass is 9.84. The first kappa shape index (κ1) is 20.5. The molecule has 2 fully saturated rings. The lowest BCUT2D eigenvalue weighted by molar-refractivity contribution is -0.143. The molecule has 4 atom stereocenters. The van der Waals surface area contributed by atoms with Gasteiger partial charge in [-0.25, -0.2) is 4.79 Å². The molecule has 3 unspecified atom stereocenters. The van der Waals surface area contributed by atoms with Crippen molar-refractivity contribution in [3.63, 3.8) is 0 Å². The van der Waals surface area contributed by atoms with Gasteiger partial charge >= 0.3 is 6.09 Å². The number of ether oxygens (including phenoxy) is 2. The van der Waals surface area contributed by atoms with Crippen LogP contribution in [-0.4, -0.2) is 71.4 Å². The van der Waals surface area contributed by atoms with Gasteiger partial charge in [0.05, 0.1) is 33.9 Å². The number of carbonyl (C=O) groups excluding carboxylic acids is 4. The number of hydrogen-bond acceptors (Lipinski definition) is 8. The predicted molar refractivity (Wildman–Crippen MR) is 110 cm³/mol. The van der Waals surface area contributed by atoms with E-state index in [1.807, 2.05) is 0 Å². The summed E-state index contributed by atoms with van der Waals surface area (Å²) in [5.74, 6) is -2.15. The van der Waals surface area contributed by atoms with Crippen LogP contribution in [-0.2, 0) is 19.1 Å². The van der Waals surface area contributed by atoms with Crippen LogP contribution in [0, 0.1) is 5.92 Å². The topological polar surface area (TPSA) is 145 Å². The van der Waals surface area contributed by atoms with Crippen molar-refractivity contribution in [2.45, 2.75) is 17.8 Å². The number of nitrogens with zero attached hydrogens (tertiary/aromatic N) is 2. The van der Waals surface area contributed by atoms with Gasteiger partial charge in [0, 0.05) is 25.3 Å². The first-order chi connectivity index (χ1) is 15.2. The van der Waals surface area contributed by atoms with Crippen LogP contribution < -0.4 is 11.5 Å². The zero-order valence-electron chi connectivity index (χ0n) is 16.9. The third kappa shape index (κ3) is 2.50. The number of amides is 2. The highest BCUT2D eigenvalue weighted by Crippen LogP contribution is 2.59. The molecule has 0 bridgehead atoms. The van der Waals surface area contributed by atoms with E-state index in [2.05, 4.69) is 0 Å². The van der Waals surface area contributed by atoms with Crippen molar-refractivity contribution in [3.8, 4) is 0 Å². The Morgan fingerprint density at radius 3 is 2.66 bits per heavy atom. The highest BCUT2D eigenvalue weighted by Gasteiger charge is 2.77. The Hall–Kier alpha value is -3.37. The van der Waals surface area contributed by atoms with Gasteiger partial charge in [-0.2, -0.15) is 0 Å². The third-order valence-electron chi connectivity index (χ3n) is 6.60. The quantitative estimate of drug-likeness (QED) is 0.479. The molecule has 5 rings (SSSR count). The molecule has 166 valence electrons. The SMILES string of the molecule is CO[C@@]12C(COC(N)=O)C3=C(C(=O)C=C(N)C3=O)N1CC1C2N1C(=O)c1ccccc1Cl. The molecule has 0 saturated carbocycles. The molecule has 11 heteroatoms. The number of halogens is 1. The van der Waals surface area contributed by atoms with E-state index < -0.39 is 35.3 Å². The Bertz CT molecular complexity index is 1160. The van der Waals surface area contributed by atoms with Crippen molar-refractivity contribution < 1.29 is 28.7 Å². The van der Waals surface area contributed by atoms with Crippen LogP contribution in [0.25, 0.3) is 0 Å². The molecule has 10 nitrogen and oxygen atoms in total. The van der Waals surface area contributed by atoms with Gasteiger partial charge in [0.15, 0.2) is 5.72 Å². The second kappa shape index (κ2) is 6.81. The molecule has 2 amide bonds. The Kier molecular flexibility index (Phi) is 4.37. The fourth-order valence-corrected chi connectivity index (χ4v) is 5.58. The van der Waals surface area contributed by atoms with Gasteiger partial charge < -0.3 is 30.7 Å². The average Bonchev–Trinajstić information content (AvgIpc) is 3.25. The molecular weight excluding hydrogens is 440 g/mol. The van der Waals surface area contributed by atoms with Gasteiger partial charge in [-0.15, -0.1) is 0 Å². The molecular formula is C21H19ClN4O6. The molecule has 0 spiro atoms. The van der Waals surface area contributed by atoms with Gasteiger partial charge in [0.25, 0.3) is 5.91 Å². The maximum Gasteiger partial charge on any atom is 0.404 e. The minimum absolute atomic E-state index is 0.105. The molecule has 3 heterocycles. The van der Waals surface area contributed by atoms with Gasteiger partial charge in [-0.1, -0.05) is 23.7 Å². The number of fused-ring (bicyclic) bond motifs is 4. The Morgan fingerprint density at radius 1 is 1.28 bits per heavy atom. The van der Waals surface area contributed by atoms with Gasteiger partial charge in [0.1, 0.15) is 12.6 Å². The average molecular weight is 459 g/mol. The van der Waals surface area contributed by atoms with Crippen LogP contribution in [0.4, 0.5) is 4.79 Å². The van der Waals surface area contributed by atoms with E-state index in [0.717, 1.165) is 6.08 Å². The molecule has 1 aliphatic carbocycles. The molecule has 2 saturated heterocycles. The van der Waals surface area contributed by atoms with E-state index in [1.54, 1.807) is 34.1 Å². The highest BCUT2D eigenvalue weighted by molar-refractivity contribution is 6.34. The summed E-state index contributed by atoms with van der Waals surface area (Å²) in [4.78, 5) is 53.7. The molecule has 0 radical (unpaired) electrons. The Labute approximate surface area is 187 Å². The van der Waals surface area contributed by atoms with Crippen LogP contribution in [0.1, 0.15) is 10.4 Å². The van der Waals surface area contributed by atoms with Gasteiger partial charge in [-0.05, 0) is 12.1 Å². The largest absolute Gasteiger partial charge is 0.449 e. The smallest absolute Gasteiger partial charge is 0.404 e. The highest BCUT2D eigenvalue weighted by atomic mass is 35.5. The lowest BCUT2D eigenvalue weighted by Crippen LogP contribution is -2.56. The zero-order valence-corrected chi connectivity index (χ0v) is 17.7. The summed E-state index contributed by atoms with van der Waals surface area (Å²) >= 11 is 6.22. The van der Waals surface area contributed by atoms with E-state index >= 15 is 0 Å². The summed E-state index contributed by atoms with van der Waals surface area (Å²) in [5, 5.41) is 0.311. The molecule has 0 aromatic heterocycles. The zero-order chi connectivity index (χ0) is 22.9. The van der Waals surface area contributed by atoms with Crippen molar-refractivity contribution >= 4 is 35.2 Å². The number of rotatable bonds is 4. The molecule has 4 aliphatic rings. The summed E-state index contributed by atoms with van der Waals surface area (Å²) < 4.78 is 11.0. The minimum atomic E-state index is -1.30. The van der Waals surface area contributed by atoms with E-state index in [9.17, 15) is 19.2 Å². The fraction of sp³-hybridized carbons (Fsp3) is 0.333. The number of ketones is 2. The summed E-state index contributed by atoms with van der Waals surface area (Å²) in [6.07, 6.45) is 0.0412. The number of hydrogen-bond donors (Lipinski definition) is 2. The number of benzene rings is 1. The third-order valence-corrected chi connectivity index (χ3v) is 6.93. The van der Waals surface area contributed by atoms with E-state index in [1.165, 1.54) is 7.11 Å². The monoisotopic (exact) mass is 458 g/mol. The molecule has 4 N–H and O–H groups in total. The van der Waals surface area contributed by atoms with Crippen molar-refractivity contribution in [3.05, 3.63) is 57.9 Å². The van der Waals surface area contributed by atoms with Crippen LogP contribution in [0.5, 0.6) is 0 Å². The first-order valence-electron chi connectivity index (χ1n) is 9.86. The second-order valence-electron chi connectivity index (χ2n) is 8.01. The fourth-order valence-electron chi connectivity index (χ4n) is 5.36. The first-order valence-corrected chi connectivity index (χ1v) is 10.2. The number of primary amides is 1. The van der Waals surface area contributed by atoms with Gasteiger partial charge in [-0.3, -0.25) is 14.4 Å². The maximum atomic E-state index is 13.2. The van der Waals surface area contributed by atoms with Crippen LogP contribution in [0.2, 0.25) is 5.02 Å². The van der Waals surface area contributed by atoms with E-state index in [-0.39, 0.29) is 42.1 Å². The summed E-state index contributed by atoms with van der Waals surface area (Å²) in [7, 11) is 1.42. The van der Waals surface area contributed by atoms with Crippen LogP contribution >= 0.6 is 11.6 Å². The molecule has 3 aliphatic heterocycles. The Balaban J connectivity index is 1.56. The van der Waals surface area contributed by atoms with Crippen molar-refractivity contribution in [1.29, 1.82) is 0 Å². The van der Waals surface area contributed by atoms with Crippen LogP contribution in [0.3, 0.4) is 0 Å². The minimum Gasteiger partial charge on any atom is -0.449 e. The normalized spacial score (nSPS) is 30.1. The number of piperazine rings is 1. The summed E-state index contributed by atoms with van der Waals surface area (Å²) in [6.45, 7) is -0.0600. The van der Waals surface area contributed by atoms with Gasteiger partial charge in [0.2, 0.25) is 11.6 Å². The summed E-state index contributed by atoms with van der Waals surface area (Å²) in [5.41, 5.74) is 10.0. The number of methoxy groups -OCH3 is 1. The lowest BCUT2D eigenvalue weighted by Gasteiger charge is -2.40.